The lowest BCUT2D eigenvalue weighted by Crippen LogP contribution is -2.26. The van der Waals surface area contributed by atoms with Crippen molar-refractivity contribution in [3.05, 3.63) is 35.4 Å². The third-order valence-electron chi connectivity index (χ3n) is 4.09. The summed E-state index contributed by atoms with van der Waals surface area (Å²) in [4.78, 5) is 11.5. The zero-order valence-electron chi connectivity index (χ0n) is 12.0. The zero-order valence-corrected chi connectivity index (χ0v) is 12.0. The first kappa shape index (κ1) is 13.6. The summed E-state index contributed by atoms with van der Waals surface area (Å²) in [6.07, 6.45) is 6.60. The third-order valence-corrected chi connectivity index (χ3v) is 4.09. The maximum absolute atomic E-state index is 11.5. The highest BCUT2D eigenvalue weighted by atomic mass is 16.1. The lowest BCUT2D eigenvalue weighted by atomic mass is 10.0. The summed E-state index contributed by atoms with van der Waals surface area (Å²) < 4.78 is 0. The van der Waals surface area contributed by atoms with Crippen LogP contribution in [0.5, 0.6) is 0 Å². The Hall–Kier alpha value is -1.35. The highest BCUT2D eigenvalue weighted by molar-refractivity contribution is 5.76. The molecule has 2 saturated carbocycles. The van der Waals surface area contributed by atoms with Crippen molar-refractivity contribution in [2.75, 3.05) is 6.54 Å². The first-order valence-electron chi connectivity index (χ1n) is 7.91. The van der Waals surface area contributed by atoms with E-state index >= 15 is 0 Å². The molecule has 0 aliphatic heterocycles. The van der Waals surface area contributed by atoms with Gasteiger partial charge >= 0.3 is 0 Å². The number of hydrogen-bond acceptors (Lipinski definition) is 2. The average Bonchev–Trinajstić information content (AvgIpc) is 3.33. The molecule has 2 N–H and O–H groups in total. The van der Waals surface area contributed by atoms with Gasteiger partial charge in [-0.05, 0) is 55.7 Å². The Labute approximate surface area is 121 Å². The van der Waals surface area contributed by atoms with Gasteiger partial charge in [0.25, 0.3) is 0 Å². The van der Waals surface area contributed by atoms with Gasteiger partial charge in [0.1, 0.15) is 0 Å². The van der Waals surface area contributed by atoms with E-state index < -0.39 is 0 Å². The fourth-order valence-corrected chi connectivity index (χ4v) is 2.61. The van der Waals surface area contributed by atoms with E-state index in [1.165, 1.54) is 36.8 Å². The van der Waals surface area contributed by atoms with Crippen LogP contribution in [0.4, 0.5) is 0 Å². The molecule has 3 rings (SSSR count). The molecular formula is C17H24N2O. The number of carbonyl (C=O) groups is 1. The molecule has 2 fully saturated rings. The van der Waals surface area contributed by atoms with Crippen LogP contribution in [0.25, 0.3) is 0 Å². The van der Waals surface area contributed by atoms with E-state index in [2.05, 4.69) is 34.9 Å². The van der Waals surface area contributed by atoms with E-state index in [0.717, 1.165) is 25.4 Å². The predicted octanol–water partition coefficient (Wildman–Crippen LogP) is 2.71. The number of carbonyl (C=O) groups excluding carboxylic acids is 1. The van der Waals surface area contributed by atoms with Crippen LogP contribution in [-0.2, 0) is 11.3 Å². The van der Waals surface area contributed by atoms with Gasteiger partial charge in [-0.2, -0.15) is 0 Å². The minimum Gasteiger partial charge on any atom is -0.353 e. The second kappa shape index (κ2) is 6.40. The highest BCUT2D eigenvalue weighted by Gasteiger charge is 2.25. The quantitative estimate of drug-likeness (QED) is 0.714. The average molecular weight is 272 g/mol. The van der Waals surface area contributed by atoms with E-state index in [-0.39, 0.29) is 5.91 Å². The molecule has 20 heavy (non-hydrogen) atoms. The first-order valence-corrected chi connectivity index (χ1v) is 7.91. The molecule has 0 spiro atoms. The van der Waals surface area contributed by atoms with Crippen LogP contribution in [0.2, 0.25) is 0 Å². The largest absolute Gasteiger partial charge is 0.353 e. The Morgan fingerprint density at radius 3 is 2.70 bits per heavy atom. The lowest BCUT2D eigenvalue weighted by Gasteiger charge is -2.10. The summed E-state index contributed by atoms with van der Waals surface area (Å²) in [5, 5.41) is 6.50. The Balaban J connectivity index is 1.34. The Kier molecular flexibility index (Phi) is 4.36. The number of nitrogens with one attached hydrogen (secondary N) is 2. The molecule has 0 bridgehead atoms. The Morgan fingerprint density at radius 1 is 1.15 bits per heavy atom. The van der Waals surface area contributed by atoms with Gasteiger partial charge in [0, 0.05) is 19.0 Å². The molecular weight excluding hydrogens is 248 g/mol. The van der Waals surface area contributed by atoms with Crippen molar-refractivity contribution in [1.29, 1.82) is 0 Å². The van der Waals surface area contributed by atoms with Crippen molar-refractivity contribution in [1.82, 2.24) is 10.6 Å². The van der Waals surface area contributed by atoms with Gasteiger partial charge in [-0.3, -0.25) is 4.79 Å². The molecule has 2 aliphatic carbocycles. The van der Waals surface area contributed by atoms with Crippen LogP contribution in [0.1, 0.15) is 55.6 Å². The smallest absolute Gasteiger partial charge is 0.220 e. The molecule has 2 aliphatic rings. The summed E-state index contributed by atoms with van der Waals surface area (Å²) in [5.74, 6) is 1.02. The van der Waals surface area contributed by atoms with Crippen LogP contribution >= 0.6 is 0 Å². The van der Waals surface area contributed by atoms with Crippen molar-refractivity contribution < 1.29 is 4.79 Å². The summed E-state index contributed by atoms with van der Waals surface area (Å²) in [7, 11) is 0. The minimum atomic E-state index is 0.215. The van der Waals surface area contributed by atoms with E-state index in [9.17, 15) is 4.79 Å². The predicted molar refractivity (Wildman–Crippen MR) is 80.5 cm³/mol. The molecule has 108 valence electrons. The molecule has 0 atom stereocenters. The van der Waals surface area contributed by atoms with Crippen LogP contribution < -0.4 is 10.6 Å². The van der Waals surface area contributed by atoms with Gasteiger partial charge in [-0.1, -0.05) is 24.3 Å². The number of benzene rings is 1. The second-order valence-corrected chi connectivity index (χ2v) is 6.10. The van der Waals surface area contributed by atoms with Gasteiger partial charge in [-0.15, -0.1) is 0 Å². The van der Waals surface area contributed by atoms with Gasteiger partial charge in [-0.25, -0.2) is 0 Å². The fourth-order valence-electron chi connectivity index (χ4n) is 2.61. The van der Waals surface area contributed by atoms with Crippen molar-refractivity contribution in [2.24, 2.45) is 0 Å². The summed E-state index contributed by atoms with van der Waals surface area (Å²) in [6.45, 7) is 1.84. The number of rotatable bonds is 8. The molecule has 1 aromatic carbocycles. The molecule has 0 heterocycles. The maximum atomic E-state index is 11.5. The zero-order chi connectivity index (χ0) is 13.8. The topological polar surface area (TPSA) is 41.1 Å². The summed E-state index contributed by atoms with van der Waals surface area (Å²) >= 11 is 0. The second-order valence-electron chi connectivity index (χ2n) is 6.10. The Bertz CT molecular complexity index is 464. The molecule has 1 aromatic rings. The first-order chi connectivity index (χ1) is 9.83. The monoisotopic (exact) mass is 272 g/mol. The van der Waals surface area contributed by atoms with E-state index in [4.69, 9.17) is 0 Å². The van der Waals surface area contributed by atoms with Crippen LogP contribution in [0, 0.1) is 0 Å². The molecule has 3 nitrogen and oxygen atoms in total. The number of hydrogen-bond donors (Lipinski definition) is 2. The fraction of sp³-hybridized carbons (Fsp3) is 0.588. The molecule has 1 amide bonds. The summed E-state index contributed by atoms with van der Waals surface area (Å²) in [5.41, 5.74) is 2.95. The molecule has 0 radical (unpaired) electrons. The summed E-state index contributed by atoms with van der Waals surface area (Å²) in [6, 6.07) is 9.23. The maximum Gasteiger partial charge on any atom is 0.220 e. The molecule has 3 heteroatoms. The lowest BCUT2D eigenvalue weighted by molar-refractivity contribution is -0.121. The van der Waals surface area contributed by atoms with Gasteiger partial charge in [0.15, 0.2) is 0 Å². The molecule has 0 aromatic heterocycles. The van der Waals surface area contributed by atoms with Crippen LogP contribution in [-0.4, -0.2) is 18.5 Å². The van der Waals surface area contributed by atoms with Crippen molar-refractivity contribution in [2.45, 2.75) is 57.0 Å². The van der Waals surface area contributed by atoms with Crippen LogP contribution in [0.3, 0.4) is 0 Å². The van der Waals surface area contributed by atoms with Gasteiger partial charge < -0.3 is 10.6 Å². The highest BCUT2D eigenvalue weighted by Crippen LogP contribution is 2.41. The number of amides is 1. The standard InChI is InChI=1S/C17H24N2O/c20-17(19-15-9-10-15)6-3-11-18-12-14-4-1-2-5-16(14)13-7-8-13/h1-2,4-5,13,15,18H,3,6-12H2,(H,19,20). The van der Waals surface area contributed by atoms with E-state index in [0.29, 0.717) is 12.5 Å². The van der Waals surface area contributed by atoms with Crippen molar-refractivity contribution in [3.8, 4) is 0 Å². The SMILES string of the molecule is O=C(CCCNCc1ccccc1C1CC1)NC1CC1. The third kappa shape index (κ3) is 4.07. The molecule has 0 unspecified atom stereocenters. The van der Waals surface area contributed by atoms with E-state index in [1.807, 2.05) is 0 Å². The van der Waals surface area contributed by atoms with Crippen LogP contribution in [0.15, 0.2) is 24.3 Å². The molecule has 0 saturated heterocycles. The normalized spacial score (nSPS) is 18.0. The van der Waals surface area contributed by atoms with Crippen molar-refractivity contribution >= 4 is 5.91 Å². The van der Waals surface area contributed by atoms with Gasteiger partial charge in [0.05, 0.1) is 0 Å². The van der Waals surface area contributed by atoms with E-state index in [1.54, 1.807) is 0 Å². The Morgan fingerprint density at radius 2 is 1.95 bits per heavy atom. The van der Waals surface area contributed by atoms with Crippen molar-refractivity contribution in [3.63, 3.8) is 0 Å². The van der Waals surface area contributed by atoms with Gasteiger partial charge in [0.2, 0.25) is 5.91 Å². The minimum absolute atomic E-state index is 0.215.